The summed E-state index contributed by atoms with van der Waals surface area (Å²) in [5.74, 6) is 2.26. The van der Waals surface area contributed by atoms with Crippen molar-refractivity contribution in [3.63, 3.8) is 0 Å². The number of hydrogen-bond donors (Lipinski definition) is 1. The summed E-state index contributed by atoms with van der Waals surface area (Å²) in [5, 5.41) is 4.22. The van der Waals surface area contributed by atoms with Crippen LogP contribution in [-0.4, -0.2) is 39.5 Å². The van der Waals surface area contributed by atoms with Crippen LogP contribution in [-0.2, 0) is 13.0 Å². The van der Waals surface area contributed by atoms with Crippen molar-refractivity contribution in [3.05, 3.63) is 58.9 Å². The molecule has 0 saturated carbocycles. The summed E-state index contributed by atoms with van der Waals surface area (Å²) < 4.78 is 5.43. The fraction of sp³-hybridized carbons (Fsp3) is 0.435. The molecule has 0 amide bonds. The normalized spacial score (nSPS) is 15.3. The lowest BCUT2D eigenvalue weighted by Crippen LogP contribution is -2.34. The number of ether oxygens (including phenoxy) is 1. The number of pyridine rings is 2. The van der Waals surface area contributed by atoms with Crippen molar-refractivity contribution in [1.82, 2.24) is 19.9 Å². The molecule has 30 heavy (non-hydrogen) atoms. The summed E-state index contributed by atoms with van der Waals surface area (Å²) in [6.45, 7) is 7.88. The highest BCUT2D eigenvalue weighted by molar-refractivity contribution is 7.15. The second-order valence-corrected chi connectivity index (χ2v) is 9.01. The Kier molecular flexibility index (Phi) is 6.92. The van der Waals surface area contributed by atoms with Gasteiger partial charge in [-0.25, -0.2) is 15.0 Å². The lowest BCUT2D eigenvalue weighted by molar-refractivity contribution is 0.176. The Hall–Kier alpha value is -2.51. The molecule has 4 heterocycles. The van der Waals surface area contributed by atoms with Crippen LogP contribution in [0.3, 0.4) is 0 Å². The van der Waals surface area contributed by atoms with Crippen LogP contribution in [0, 0.1) is 12.8 Å². The van der Waals surface area contributed by atoms with E-state index < -0.39 is 0 Å². The minimum atomic E-state index is 0.651. The quantitative estimate of drug-likeness (QED) is 0.559. The van der Waals surface area contributed by atoms with Crippen molar-refractivity contribution in [2.45, 2.75) is 39.7 Å². The fourth-order valence-electron chi connectivity index (χ4n) is 3.83. The first kappa shape index (κ1) is 20.8. The molecule has 0 bridgehead atoms. The van der Waals surface area contributed by atoms with Gasteiger partial charge in [-0.15, -0.1) is 11.3 Å². The first-order valence-electron chi connectivity index (χ1n) is 10.6. The molecule has 4 rings (SSSR count). The first-order chi connectivity index (χ1) is 14.7. The number of hydrogen-bond acceptors (Lipinski definition) is 7. The largest absolute Gasteiger partial charge is 0.478 e. The molecule has 1 aliphatic heterocycles. The molecular formula is C23H29N5OS. The summed E-state index contributed by atoms with van der Waals surface area (Å²) in [4.78, 5) is 17.3. The zero-order chi connectivity index (χ0) is 20.8. The Bertz CT molecular complexity index is 935. The molecule has 0 unspecified atom stereocenters. The van der Waals surface area contributed by atoms with Crippen molar-refractivity contribution in [2.75, 3.05) is 25.0 Å². The van der Waals surface area contributed by atoms with E-state index in [2.05, 4.69) is 45.3 Å². The summed E-state index contributed by atoms with van der Waals surface area (Å²) in [6, 6.07) is 10.3. The molecule has 0 atom stereocenters. The minimum Gasteiger partial charge on any atom is -0.478 e. The maximum atomic E-state index is 5.43. The number of nitrogens with one attached hydrogen (secondary N) is 1. The molecule has 0 spiro atoms. The van der Waals surface area contributed by atoms with E-state index in [-0.39, 0.29) is 0 Å². The topological polar surface area (TPSA) is 63.2 Å². The molecule has 1 fully saturated rings. The lowest BCUT2D eigenvalue weighted by atomic mass is 9.92. The third-order valence-corrected chi connectivity index (χ3v) is 6.19. The van der Waals surface area contributed by atoms with Crippen LogP contribution in [0.2, 0.25) is 0 Å². The van der Waals surface area contributed by atoms with E-state index in [1.807, 2.05) is 31.5 Å². The van der Waals surface area contributed by atoms with Gasteiger partial charge in [0.25, 0.3) is 0 Å². The molecule has 158 valence electrons. The van der Waals surface area contributed by atoms with Gasteiger partial charge in [0.15, 0.2) is 5.13 Å². The van der Waals surface area contributed by atoms with Gasteiger partial charge in [-0.2, -0.15) is 0 Å². The van der Waals surface area contributed by atoms with Crippen LogP contribution in [0.4, 0.5) is 10.9 Å². The summed E-state index contributed by atoms with van der Waals surface area (Å²) >= 11 is 1.65. The van der Waals surface area contributed by atoms with E-state index in [4.69, 9.17) is 9.72 Å². The molecule has 0 radical (unpaired) electrons. The van der Waals surface area contributed by atoms with E-state index >= 15 is 0 Å². The van der Waals surface area contributed by atoms with E-state index in [9.17, 15) is 0 Å². The predicted molar refractivity (Wildman–Crippen MR) is 121 cm³/mol. The van der Waals surface area contributed by atoms with E-state index in [0.717, 1.165) is 42.7 Å². The van der Waals surface area contributed by atoms with Gasteiger partial charge in [-0.1, -0.05) is 12.1 Å². The number of piperidine rings is 1. The highest BCUT2D eigenvalue weighted by Gasteiger charge is 2.20. The van der Waals surface area contributed by atoms with Gasteiger partial charge in [-0.05, 0) is 69.8 Å². The second-order valence-electron chi connectivity index (χ2n) is 7.78. The Balaban J connectivity index is 1.26. The molecule has 3 aromatic heterocycles. The average molecular weight is 424 g/mol. The average Bonchev–Trinajstić information content (AvgIpc) is 3.16. The first-order valence-corrected chi connectivity index (χ1v) is 11.4. The van der Waals surface area contributed by atoms with Gasteiger partial charge in [0.1, 0.15) is 5.82 Å². The predicted octanol–water partition coefficient (Wildman–Crippen LogP) is 4.84. The molecule has 3 aromatic rings. The zero-order valence-corrected chi connectivity index (χ0v) is 18.5. The van der Waals surface area contributed by atoms with Gasteiger partial charge >= 0.3 is 0 Å². The molecule has 1 N–H and O–H groups in total. The number of anilines is 2. The third kappa shape index (κ3) is 5.77. The summed E-state index contributed by atoms with van der Waals surface area (Å²) in [6.07, 6.45) is 7.26. The molecule has 7 heteroatoms. The Morgan fingerprint density at radius 2 is 2.00 bits per heavy atom. The van der Waals surface area contributed by atoms with Crippen molar-refractivity contribution < 1.29 is 4.74 Å². The Labute approximate surface area is 182 Å². The highest BCUT2D eigenvalue weighted by Crippen LogP contribution is 2.24. The van der Waals surface area contributed by atoms with E-state index in [0.29, 0.717) is 18.4 Å². The van der Waals surface area contributed by atoms with Crippen LogP contribution >= 0.6 is 11.3 Å². The standard InChI is InChI=1S/C23H29N5OS/c1-3-29-22-8-7-19(15-24-22)16-28-11-9-18(10-12-28)13-20-5-4-6-21(26-20)27-23-25-14-17(2)30-23/h4-8,14-15,18H,3,9-13,16H2,1-2H3,(H,25,26,27). The number of aryl methyl sites for hydroxylation is 1. The summed E-state index contributed by atoms with van der Waals surface area (Å²) in [5.41, 5.74) is 2.40. The second kappa shape index (κ2) is 10.00. The number of aromatic nitrogens is 3. The van der Waals surface area contributed by atoms with Gasteiger partial charge in [0.2, 0.25) is 5.88 Å². The Morgan fingerprint density at radius 3 is 2.70 bits per heavy atom. The van der Waals surface area contributed by atoms with Crippen LogP contribution in [0.25, 0.3) is 0 Å². The molecular weight excluding hydrogens is 394 g/mol. The van der Waals surface area contributed by atoms with Crippen molar-refractivity contribution in [1.29, 1.82) is 0 Å². The number of nitrogens with zero attached hydrogens (tertiary/aromatic N) is 4. The Morgan fingerprint density at radius 1 is 1.13 bits per heavy atom. The fourth-order valence-corrected chi connectivity index (χ4v) is 4.50. The smallest absolute Gasteiger partial charge is 0.213 e. The monoisotopic (exact) mass is 423 g/mol. The van der Waals surface area contributed by atoms with Crippen molar-refractivity contribution >= 4 is 22.3 Å². The van der Waals surface area contributed by atoms with Gasteiger partial charge in [0.05, 0.1) is 6.61 Å². The van der Waals surface area contributed by atoms with E-state index in [1.54, 1.807) is 11.3 Å². The molecule has 0 aromatic carbocycles. The van der Waals surface area contributed by atoms with E-state index in [1.165, 1.54) is 23.3 Å². The van der Waals surface area contributed by atoms with Crippen molar-refractivity contribution in [2.24, 2.45) is 5.92 Å². The van der Waals surface area contributed by atoms with Crippen LogP contribution < -0.4 is 10.1 Å². The highest BCUT2D eigenvalue weighted by atomic mass is 32.1. The summed E-state index contributed by atoms with van der Waals surface area (Å²) in [7, 11) is 0. The zero-order valence-electron chi connectivity index (χ0n) is 17.7. The third-order valence-electron chi connectivity index (χ3n) is 5.36. The molecule has 1 aliphatic rings. The SMILES string of the molecule is CCOc1ccc(CN2CCC(Cc3cccc(Nc4ncc(C)s4)n3)CC2)cn1. The molecule has 0 aliphatic carbocycles. The van der Waals surface area contributed by atoms with Crippen LogP contribution in [0.5, 0.6) is 5.88 Å². The van der Waals surface area contributed by atoms with Gasteiger partial charge < -0.3 is 10.1 Å². The number of rotatable bonds is 8. The number of likely N-dealkylation sites (tertiary alicyclic amines) is 1. The van der Waals surface area contributed by atoms with Gasteiger partial charge in [0, 0.05) is 35.6 Å². The molecule has 6 nitrogen and oxygen atoms in total. The van der Waals surface area contributed by atoms with Crippen molar-refractivity contribution in [3.8, 4) is 5.88 Å². The lowest BCUT2D eigenvalue weighted by Gasteiger charge is -2.31. The van der Waals surface area contributed by atoms with Crippen LogP contribution in [0.15, 0.2) is 42.7 Å². The van der Waals surface area contributed by atoms with Crippen LogP contribution in [0.1, 0.15) is 35.9 Å². The number of thiazole rings is 1. The maximum Gasteiger partial charge on any atom is 0.213 e. The maximum absolute atomic E-state index is 5.43. The minimum absolute atomic E-state index is 0.651. The molecule has 1 saturated heterocycles. The van der Waals surface area contributed by atoms with Gasteiger partial charge in [-0.3, -0.25) is 4.90 Å².